The van der Waals surface area contributed by atoms with Crippen LogP contribution in [0.15, 0.2) is 67.0 Å². The predicted molar refractivity (Wildman–Crippen MR) is 140 cm³/mol. The molecule has 0 bridgehead atoms. The number of pyridine rings is 1. The van der Waals surface area contributed by atoms with Crippen LogP contribution in [0.2, 0.25) is 0 Å². The molecule has 3 heterocycles. The molecule has 2 aromatic carbocycles. The van der Waals surface area contributed by atoms with Crippen LogP contribution in [0, 0.1) is 12.7 Å². The van der Waals surface area contributed by atoms with Crippen molar-refractivity contribution in [1.29, 1.82) is 0 Å². The maximum atomic E-state index is 14.5. The van der Waals surface area contributed by atoms with E-state index in [9.17, 15) is 9.18 Å². The van der Waals surface area contributed by atoms with Crippen molar-refractivity contribution in [2.45, 2.75) is 6.92 Å². The number of anilines is 3. The Kier molecular flexibility index (Phi) is 7.00. The molecule has 2 aromatic heterocycles. The fourth-order valence-corrected chi connectivity index (χ4v) is 4.09. The second-order valence-electron chi connectivity index (χ2n) is 8.74. The van der Waals surface area contributed by atoms with E-state index in [1.165, 1.54) is 18.2 Å². The van der Waals surface area contributed by atoms with Crippen LogP contribution in [-0.2, 0) is 11.8 Å². The lowest BCUT2D eigenvalue weighted by Crippen LogP contribution is -2.36. The molecule has 2 N–H and O–H groups in total. The second kappa shape index (κ2) is 10.7. The summed E-state index contributed by atoms with van der Waals surface area (Å²) >= 11 is 0. The van der Waals surface area contributed by atoms with Crippen LogP contribution in [0.1, 0.15) is 5.56 Å². The number of halogens is 1. The van der Waals surface area contributed by atoms with Gasteiger partial charge < -0.3 is 25.0 Å². The summed E-state index contributed by atoms with van der Waals surface area (Å²) in [6, 6.07) is 14.8. The number of benzene rings is 2. The number of aryl methyl sites for hydroxylation is 2. The summed E-state index contributed by atoms with van der Waals surface area (Å²) in [4.78, 5) is 19.4. The quantitative estimate of drug-likeness (QED) is 0.376. The van der Waals surface area contributed by atoms with Gasteiger partial charge in [-0.1, -0.05) is 6.07 Å². The molecule has 9 nitrogen and oxygen atoms in total. The highest BCUT2D eigenvalue weighted by molar-refractivity contribution is 6.00. The zero-order valence-electron chi connectivity index (χ0n) is 20.6. The summed E-state index contributed by atoms with van der Waals surface area (Å²) in [7, 11) is 1.83. The van der Waals surface area contributed by atoms with Gasteiger partial charge in [0.05, 0.1) is 30.8 Å². The van der Waals surface area contributed by atoms with Crippen molar-refractivity contribution in [1.82, 2.24) is 14.8 Å². The summed E-state index contributed by atoms with van der Waals surface area (Å²) in [6.45, 7) is 4.86. The Bertz CT molecular complexity index is 1420. The standard InChI is InChI=1S/C27H27FN6O3/c1-18-12-20(14-21(13-18)34-8-10-36-11-9-34)30-27(35)32-25-15-22(6-7-23(25)28)37-26-5-3-4-24(31-26)19-16-29-33(2)17-19/h3-7,12-17H,8-11H2,1-2H3,(H2,30,32,35). The van der Waals surface area contributed by atoms with Crippen molar-refractivity contribution in [2.75, 3.05) is 41.8 Å². The molecule has 4 aromatic rings. The monoisotopic (exact) mass is 502 g/mol. The molecule has 0 unspecified atom stereocenters. The maximum absolute atomic E-state index is 14.5. The Morgan fingerprint density at radius 1 is 1.08 bits per heavy atom. The molecule has 0 spiro atoms. The van der Waals surface area contributed by atoms with E-state index < -0.39 is 11.8 Å². The van der Waals surface area contributed by atoms with Gasteiger partial charge in [-0.3, -0.25) is 4.68 Å². The van der Waals surface area contributed by atoms with Crippen LogP contribution < -0.4 is 20.3 Å². The average Bonchev–Trinajstić information content (AvgIpc) is 3.33. The van der Waals surface area contributed by atoms with Gasteiger partial charge in [0.2, 0.25) is 5.88 Å². The zero-order chi connectivity index (χ0) is 25.8. The van der Waals surface area contributed by atoms with Gasteiger partial charge in [0.15, 0.2) is 0 Å². The molecule has 1 aliphatic heterocycles. The molecule has 1 aliphatic rings. The molecule has 1 saturated heterocycles. The first kappa shape index (κ1) is 24.3. The number of aromatic nitrogens is 3. The van der Waals surface area contributed by atoms with Gasteiger partial charge in [-0.25, -0.2) is 14.2 Å². The van der Waals surface area contributed by atoms with Crippen molar-refractivity contribution in [3.05, 3.63) is 78.4 Å². The minimum Gasteiger partial charge on any atom is -0.439 e. The fourth-order valence-electron chi connectivity index (χ4n) is 4.09. The van der Waals surface area contributed by atoms with Crippen molar-refractivity contribution < 1.29 is 18.7 Å². The number of ether oxygens (including phenoxy) is 2. The zero-order valence-corrected chi connectivity index (χ0v) is 20.6. The Hall–Kier alpha value is -4.44. The molecule has 5 rings (SSSR count). The van der Waals surface area contributed by atoms with Gasteiger partial charge >= 0.3 is 6.03 Å². The highest BCUT2D eigenvalue weighted by Gasteiger charge is 2.14. The van der Waals surface area contributed by atoms with Crippen LogP contribution in [0.5, 0.6) is 11.6 Å². The van der Waals surface area contributed by atoms with Gasteiger partial charge in [-0.15, -0.1) is 0 Å². The van der Waals surface area contributed by atoms with Crippen molar-refractivity contribution in [3.63, 3.8) is 0 Å². The highest BCUT2D eigenvalue weighted by Crippen LogP contribution is 2.28. The number of morpholine rings is 1. The first-order valence-corrected chi connectivity index (χ1v) is 11.9. The number of hydrogen-bond acceptors (Lipinski definition) is 6. The normalized spacial score (nSPS) is 13.3. The largest absolute Gasteiger partial charge is 0.439 e. The lowest BCUT2D eigenvalue weighted by atomic mass is 10.1. The number of carbonyl (C=O) groups is 1. The Balaban J connectivity index is 1.27. The summed E-state index contributed by atoms with van der Waals surface area (Å²) in [5.41, 5.74) is 4.14. The smallest absolute Gasteiger partial charge is 0.323 e. The third-order valence-electron chi connectivity index (χ3n) is 5.83. The molecule has 0 saturated carbocycles. The Labute approximate surface area is 213 Å². The summed E-state index contributed by atoms with van der Waals surface area (Å²) < 4.78 is 27.5. The number of nitrogens with one attached hydrogen (secondary N) is 2. The molecule has 0 atom stereocenters. The molecule has 0 aliphatic carbocycles. The van der Waals surface area contributed by atoms with E-state index >= 15 is 0 Å². The molecule has 190 valence electrons. The van der Waals surface area contributed by atoms with Gasteiger partial charge in [0.25, 0.3) is 0 Å². The van der Waals surface area contributed by atoms with Gasteiger partial charge in [-0.2, -0.15) is 5.10 Å². The summed E-state index contributed by atoms with van der Waals surface area (Å²) in [5, 5.41) is 9.53. The lowest BCUT2D eigenvalue weighted by Gasteiger charge is -2.29. The SMILES string of the molecule is Cc1cc(NC(=O)Nc2cc(Oc3cccc(-c4cnn(C)c4)n3)ccc2F)cc(N2CCOCC2)c1. The molecular weight excluding hydrogens is 475 g/mol. The second-order valence-corrected chi connectivity index (χ2v) is 8.74. The number of carbonyl (C=O) groups excluding carboxylic acids is 1. The fraction of sp³-hybridized carbons (Fsp3) is 0.222. The minimum atomic E-state index is -0.585. The van der Waals surface area contributed by atoms with Crippen LogP contribution in [0.4, 0.5) is 26.2 Å². The summed E-state index contributed by atoms with van der Waals surface area (Å²) in [5.74, 6) is 0.0780. The predicted octanol–water partition coefficient (Wildman–Crippen LogP) is 5.20. The van der Waals surface area contributed by atoms with Crippen LogP contribution >= 0.6 is 0 Å². The average molecular weight is 503 g/mol. The van der Waals surface area contributed by atoms with Crippen molar-refractivity contribution in [2.24, 2.45) is 7.05 Å². The molecule has 37 heavy (non-hydrogen) atoms. The van der Waals surface area contributed by atoms with Crippen LogP contribution in [0.25, 0.3) is 11.3 Å². The van der Waals surface area contributed by atoms with E-state index in [0.29, 0.717) is 36.2 Å². The third-order valence-corrected chi connectivity index (χ3v) is 5.83. The number of urea groups is 1. The van der Waals surface area contributed by atoms with E-state index in [1.807, 2.05) is 44.4 Å². The molecule has 10 heteroatoms. The molecule has 2 amide bonds. The van der Waals surface area contributed by atoms with E-state index in [-0.39, 0.29) is 5.69 Å². The molecular formula is C27H27FN6O3. The Morgan fingerprint density at radius 3 is 2.70 bits per heavy atom. The van der Waals surface area contributed by atoms with Gasteiger partial charge in [0, 0.05) is 55.4 Å². The number of nitrogens with zero attached hydrogens (tertiary/aromatic N) is 4. The van der Waals surface area contributed by atoms with E-state index in [1.54, 1.807) is 16.9 Å². The Morgan fingerprint density at radius 2 is 1.92 bits per heavy atom. The van der Waals surface area contributed by atoms with Gasteiger partial charge in [-0.05, 0) is 48.9 Å². The van der Waals surface area contributed by atoms with E-state index in [0.717, 1.165) is 29.9 Å². The first-order valence-electron chi connectivity index (χ1n) is 11.9. The van der Waals surface area contributed by atoms with Crippen molar-refractivity contribution >= 4 is 23.1 Å². The summed E-state index contributed by atoms with van der Waals surface area (Å²) in [6.07, 6.45) is 3.56. The molecule has 0 radical (unpaired) electrons. The van der Waals surface area contributed by atoms with E-state index in [4.69, 9.17) is 9.47 Å². The van der Waals surface area contributed by atoms with Crippen LogP contribution in [-0.4, -0.2) is 47.1 Å². The first-order chi connectivity index (χ1) is 17.9. The van der Waals surface area contributed by atoms with Crippen LogP contribution in [0.3, 0.4) is 0 Å². The lowest BCUT2D eigenvalue weighted by molar-refractivity contribution is 0.122. The molecule has 1 fully saturated rings. The highest BCUT2D eigenvalue weighted by atomic mass is 19.1. The topological polar surface area (TPSA) is 93.5 Å². The number of rotatable bonds is 6. The minimum absolute atomic E-state index is 0.0144. The van der Waals surface area contributed by atoms with E-state index in [2.05, 4.69) is 31.7 Å². The number of hydrogen-bond donors (Lipinski definition) is 2. The maximum Gasteiger partial charge on any atom is 0.323 e. The third kappa shape index (κ3) is 6.04. The van der Waals surface area contributed by atoms with Crippen molar-refractivity contribution in [3.8, 4) is 22.9 Å². The number of amides is 2. The van der Waals surface area contributed by atoms with Gasteiger partial charge in [0.1, 0.15) is 11.6 Å².